The van der Waals surface area contributed by atoms with Gasteiger partial charge in [-0.15, -0.1) is 11.3 Å². The van der Waals surface area contributed by atoms with Gasteiger partial charge in [-0.25, -0.2) is 9.97 Å². The molecule has 0 unspecified atom stereocenters. The number of fused-ring (bicyclic) bond motifs is 4. The van der Waals surface area contributed by atoms with Crippen molar-refractivity contribution in [1.82, 2.24) is 9.97 Å². The van der Waals surface area contributed by atoms with Gasteiger partial charge in [0.15, 0.2) is 5.82 Å². The third-order valence-electron chi connectivity index (χ3n) is 9.07. The molecule has 2 heterocycles. The van der Waals surface area contributed by atoms with Crippen LogP contribution in [0.25, 0.3) is 87.1 Å². The molecule has 0 saturated carbocycles. The zero-order valence-corrected chi connectivity index (χ0v) is 27.2. The highest BCUT2D eigenvalue weighted by molar-refractivity contribution is 7.25. The molecule has 4 heteroatoms. The van der Waals surface area contributed by atoms with Crippen LogP contribution in [0.1, 0.15) is 5.56 Å². The topological polar surface area (TPSA) is 49.6 Å². The monoisotopic (exact) mass is 641 g/mol. The first-order valence-electron chi connectivity index (χ1n) is 16.2. The van der Waals surface area contributed by atoms with E-state index in [1.807, 2.05) is 72.0 Å². The Morgan fingerprint density at radius 1 is 0.408 bits per heavy atom. The minimum Gasteiger partial charge on any atom is -0.228 e. The lowest BCUT2D eigenvalue weighted by molar-refractivity contribution is 1.18. The van der Waals surface area contributed by atoms with Crippen LogP contribution < -0.4 is 0 Å². The normalized spacial score (nSPS) is 11.2. The molecule has 49 heavy (non-hydrogen) atoms. The van der Waals surface area contributed by atoms with E-state index >= 15 is 0 Å². The maximum atomic E-state index is 9.65. The first-order chi connectivity index (χ1) is 24.2. The fourth-order valence-corrected chi connectivity index (χ4v) is 7.68. The zero-order valence-electron chi connectivity index (χ0n) is 26.3. The van der Waals surface area contributed by atoms with Crippen LogP contribution in [-0.2, 0) is 0 Å². The van der Waals surface area contributed by atoms with E-state index in [1.165, 1.54) is 30.9 Å². The average molecular weight is 642 g/mol. The van der Waals surface area contributed by atoms with Crippen LogP contribution in [0.15, 0.2) is 164 Å². The van der Waals surface area contributed by atoms with Crippen molar-refractivity contribution in [3.05, 3.63) is 169 Å². The summed E-state index contributed by atoms with van der Waals surface area (Å²) in [6.07, 6.45) is 0. The molecule has 0 aliphatic heterocycles. The predicted molar refractivity (Wildman–Crippen MR) is 204 cm³/mol. The van der Waals surface area contributed by atoms with Gasteiger partial charge in [-0.05, 0) is 93.7 Å². The van der Waals surface area contributed by atoms with E-state index < -0.39 is 0 Å². The Balaban J connectivity index is 1.28. The summed E-state index contributed by atoms with van der Waals surface area (Å²) in [6.45, 7) is 0. The standard InChI is InChI=1S/C45H27N3S/c46-28-29-9-8-14-35(21-29)41-27-42(48-45(47-41)31-11-2-1-3-12-31)38-24-36(33-18-17-30-10-4-5-13-32(30)22-33)23-37(25-38)34-19-20-44-40(26-34)39-15-6-7-16-43(39)49-44/h1-27H. The summed E-state index contributed by atoms with van der Waals surface area (Å²) in [5, 5.41) is 14.6. The summed E-state index contributed by atoms with van der Waals surface area (Å²) in [5.74, 6) is 0.638. The van der Waals surface area contributed by atoms with Crippen LogP contribution in [0, 0.1) is 11.3 Å². The summed E-state index contributed by atoms with van der Waals surface area (Å²) >= 11 is 1.83. The van der Waals surface area contributed by atoms with Crippen LogP contribution in [-0.4, -0.2) is 9.97 Å². The molecule has 0 aliphatic rings. The van der Waals surface area contributed by atoms with Gasteiger partial charge in [-0.1, -0.05) is 103 Å². The van der Waals surface area contributed by atoms with Gasteiger partial charge in [0.2, 0.25) is 0 Å². The van der Waals surface area contributed by atoms with Gasteiger partial charge in [0.05, 0.1) is 23.0 Å². The molecule has 0 atom stereocenters. The summed E-state index contributed by atoms with van der Waals surface area (Å²) in [6, 6.07) is 59.3. The lowest BCUT2D eigenvalue weighted by Gasteiger charge is -2.14. The number of benzene rings is 7. The molecule has 3 nitrogen and oxygen atoms in total. The van der Waals surface area contributed by atoms with Gasteiger partial charge in [0.1, 0.15) is 0 Å². The van der Waals surface area contributed by atoms with Crippen molar-refractivity contribution in [3.63, 3.8) is 0 Å². The number of hydrogen-bond donors (Lipinski definition) is 0. The second-order valence-corrected chi connectivity index (χ2v) is 13.3. The van der Waals surface area contributed by atoms with E-state index in [4.69, 9.17) is 9.97 Å². The van der Waals surface area contributed by atoms with E-state index in [2.05, 4.69) is 109 Å². The largest absolute Gasteiger partial charge is 0.228 e. The minimum atomic E-state index is 0.593. The highest BCUT2D eigenvalue weighted by atomic mass is 32.1. The van der Waals surface area contributed by atoms with Gasteiger partial charge in [0, 0.05) is 36.9 Å². The van der Waals surface area contributed by atoms with Crippen molar-refractivity contribution in [2.45, 2.75) is 0 Å². The quantitative estimate of drug-likeness (QED) is 0.188. The molecule has 0 saturated heterocycles. The summed E-state index contributed by atoms with van der Waals surface area (Å²) in [5.41, 5.74) is 9.50. The molecule has 0 amide bonds. The number of rotatable bonds is 5. The summed E-state index contributed by atoms with van der Waals surface area (Å²) in [7, 11) is 0. The maximum Gasteiger partial charge on any atom is 0.160 e. The third-order valence-corrected chi connectivity index (χ3v) is 10.2. The molecule has 0 radical (unpaired) electrons. The molecule has 9 aromatic rings. The van der Waals surface area contributed by atoms with Crippen LogP contribution in [0.5, 0.6) is 0 Å². The van der Waals surface area contributed by atoms with Crippen molar-refractivity contribution < 1.29 is 0 Å². The summed E-state index contributed by atoms with van der Waals surface area (Å²) < 4.78 is 2.58. The molecule has 0 spiro atoms. The number of nitriles is 1. The number of thiophene rings is 1. The van der Waals surface area contributed by atoms with Gasteiger partial charge in [-0.3, -0.25) is 0 Å². The number of nitrogens with zero attached hydrogens (tertiary/aromatic N) is 3. The Kier molecular flexibility index (Phi) is 7.04. The highest BCUT2D eigenvalue weighted by Crippen LogP contribution is 2.39. The Bertz CT molecular complexity index is 2740. The van der Waals surface area contributed by atoms with Gasteiger partial charge in [0.25, 0.3) is 0 Å². The molecular weight excluding hydrogens is 615 g/mol. The third kappa shape index (κ3) is 5.43. The molecule has 0 bridgehead atoms. The van der Waals surface area contributed by atoms with Gasteiger partial charge >= 0.3 is 0 Å². The second-order valence-electron chi connectivity index (χ2n) is 12.2. The van der Waals surface area contributed by atoms with Crippen LogP contribution in [0.3, 0.4) is 0 Å². The minimum absolute atomic E-state index is 0.593. The molecule has 0 N–H and O–H groups in total. The maximum absolute atomic E-state index is 9.65. The molecule has 2 aromatic heterocycles. The van der Waals surface area contributed by atoms with Crippen LogP contribution in [0.4, 0.5) is 0 Å². The molecule has 0 fully saturated rings. The van der Waals surface area contributed by atoms with Crippen molar-refractivity contribution in [1.29, 1.82) is 5.26 Å². The first kappa shape index (κ1) is 28.8. The number of aromatic nitrogens is 2. The Morgan fingerprint density at radius 3 is 1.90 bits per heavy atom. The lowest BCUT2D eigenvalue weighted by Crippen LogP contribution is -1.97. The molecule has 0 aliphatic carbocycles. The highest BCUT2D eigenvalue weighted by Gasteiger charge is 2.15. The van der Waals surface area contributed by atoms with Crippen LogP contribution >= 0.6 is 11.3 Å². The van der Waals surface area contributed by atoms with E-state index in [0.29, 0.717) is 11.4 Å². The smallest absolute Gasteiger partial charge is 0.160 e. The molecule has 228 valence electrons. The van der Waals surface area contributed by atoms with Crippen LogP contribution in [0.2, 0.25) is 0 Å². The Hall–Kier alpha value is -6.41. The fraction of sp³-hybridized carbons (Fsp3) is 0. The Morgan fingerprint density at radius 2 is 1.06 bits per heavy atom. The van der Waals surface area contributed by atoms with Crippen molar-refractivity contribution in [3.8, 4) is 62.2 Å². The summed E-state index contributed by atoms with van der Waals surface area (Å²) in [4.78, 5) is 10.2. The molecule has 9 rings (SSSR count). The van der Waals surface area contributed by atoms with E-state index in [1.54, 1.807) is 0 Å². The second kappa shape index (κ2) is 12.0. The van der Waals surface area contributed by atoms with Crippen molar-refractivity contribution in [2.75, 3.05) is 0 Å². The van der Waals surface area contributed by atoms with Crippen molar-refractivity contribution in [2.24, 2.45) is 0 Å². The first-order valence-corrected chi connectivity index (χ1v) is 17.0. The van der Waals surface area contributed by atoms with E-state index in [0.717, 1.165) is 50.3 Å². The predicted octanol–water partition coefficient (Wildman–Crippen LogP) is 12.2. The van der Waals surface area contributed by atoms with E-state index in [9.17, 15) is 5.26 Å². The Labute approximate surface area is 288 Å². The average Bonchev–Trinajstić information content (AvgIpc) is 3.56. The van der Waals surface area contributed by atoms with Crippen molar-refractivity contribution >= 4 is 42.3 Å². The zero-order chi connectivity index (χ0) is 32.7. The van der Waals surface area contributed by atoms with Gasteiger partial charge < -0.3 is 0 Å². The molecular formula is C45H27N3S. The fourth-order valence-electron chi connectivity index (χ4n) is 6.59. The molecule has 7 aromatic carbocycles. The van der Waals surface area contributed by atoms with E-state index in [-0.39, 0.29) is 0 Å². The SMILES string of the molecule is N#Cc1cccc(-c2cc(-c3cc(-c4ccc5ccccc5c4)cc(-c4ccc5sc6ccccc6c5c4)c3)nc(-c3ccccc3)n2)c1. The van der Waals surface area contributed by atoms with Gasteiger partial charge in [-0.2, -0.15) is 5.26 Å². The lowest BCUT2D eigenvalue weighted by atomic mass is 9.93. The number of hydrogen-bond acceptors (Lipinski definition) is 4.